The van der Waals surface area contributed by atoms with Gasteiger partial charge in [-0.25, -0.2) is 4.98 Å². The van der Waals surface area contributed by atoms with Crippen LogP contribution in [-0.4, -0.2) is 14.8 Å². The van der Waals surface area contributed by atoms with Gasteiger partial charge in [-0.15, -0.1) is 11.3 Å². The molecule has 1 N–H and O–H groups in total. The van der Waals surface area contributed by atoms with E-state index in [1.807, 2.05) is 12.3 Å². The minimum Gasteiger partial charge on any atom is -0.306 e. The molecule has 0 unspecified atom stereocenters. The fraction of sp³-hybridized carbons (Fsp3) is 0.250. The lowest BCUT2D eigenvalue weighted by atomic mass is 10.1. The molecule has 0 fully saturated rings. The van der Waals surface area contributed by atoms with Crippen molar-refractivity contribution in [2.24, 2.45) is 0 Å². The van der Waals surface area contributed by atoms with Gasteiger partial charge in [0.05, 0.1) is 15.9 Å². The number of rotatable bonds is 6. The first-order valence-electron chi connectivity index (χ1n) is 6.01. The maximum atomic E-state index is 11.0. The van der Waals surface area contributed by atoms with Crippen LogP contribution in [-0.2, 0) is 13.1 Å². The molecule has 0 aliphatic carbocycles. The van der Waals surface area contributed by atoms with Gasteiger partial charge in [0, 0.05) is 35.8 Å². The maximum Gasteiger partial charge on any atom is 0.280 e. The number of non-ortho nitro benzene ring substituents is 1. The number of thiazole rings is 1. The fourth-order valence-electron chi connectivity index (χ4n) is 1.77. The van der Waals surface area contributed by atoms with E-state index in [0.717, 1.165) is 16.8 Å². The third-order valence-electron chi connectivity index (χ3n) is 2.73. The van der Waals surface area contributed by atoms with E-state index in [1.165, 1.54) is 23.5 Å². The molecule has 0 radical (unpaired) electrons. The van der Waals surface area contributed by atoms with Crippen molar-refractivity contribution in [1.29, 1.82) is 0 Å². The van der Waals surface area contributed by atoms with Crippen LogP contribution in [0, 0.1) is 27.2 Å². The molecule has 0 atom stereocenters. The lowest BCUT2D eigenvalue weighted by Crippen LogP contribution is -2.13. The lowest BCUT2D eigenvalue weighted by molar-refractivity contribution is -0.394. The highest BCUT2D eigenvalue weighted by atomic mass is 32.1. The molecule has 2 rings (SSSR count). The van der Waals surface area contributed by atoms with E-state index in [-0.39, 0.29) is 17.9 Å². The van der Waals surface area contributed by atoms with Crippen LogP contribution in [0.25, 0.3) is 0 Å². The van der Waals surface area contributed by atoms with Gasteiger partial charge in [0.1, 0.15) is 5.01 Å². The third kappa shape index (κ3) is 3.80. The molecule has 9 heteroatoms. The Hall–Kier alpha value is -2.39. The number of aryl methyl sites for hydroxylation is 1. The van der Waals surface area contributed by atoms with Crippen molar-refractivity contribution < 1.29 is 9.85 Å². The summed E-state index contributed by atoms with van der Waals surface area (Å²) in [5, 5.41) is 27.5. The van der Waals surface area contributed by atoms with Crippen molar-refractivity contribution in [2.45, 2.75) is 20.0 Å². The van der Waals surface area contributed by atoms with Crippen molar-refractivity contribution >= 4 is 22.7 Å². The van der Waals surface area contributed by atoms with Crippen molar-refractivity contribution in [2.75, 3.05) is 0 Å². The second-order valence-electron chi connectivity index (χ2n) is 4.31. The van der Waals surface area contributed by atoms with E-state index in [1.54, 1.807) is 0 Å². The maximum absolute atomic E-state index is 11.0. The Balaban J connectivity index is 2.08. The van der Waals surface area contributed by atoms with Crippen molar-refractivity contribution in [1.82, 2.24) is 10.3 Å². The van der Waals surface area contributed by atoms with Crippen LogP contribution in [0.5, 0.6) is 0 Å². The molecular formula is C12H12N4O4S. The van der Waals surface area contributed by atoms with Crippen molar-refractivity contribution in [3.05, 3.63) is 60.1 Å². The van der Waals surface area contributed by atoms with Gasteiger partial charge in [0.2, 0.25) is 0 Å². The second kappa shape index (κ2) is 6.37. The van der Waals surface area contributed by atoms with Crippen molar-refractivity contribution in [3.63, 3.8) is 0 Å². The van der Waals surface area contributed by atoms with Crippen LogP contribution in [0.2, 0.25) is 0 Å². The number of benzene rings is 1. The molecule has 0 saturated heterocycles. The van der Waals surface area contributed by atoms with E-state index >= 15 is 0 Å². The van der Waals surface area contributed by atoms with Crippen LogP contribution < -0.4 is 5.32 Å². The first-order chi connectivity index (χ1) is 9.97. The highest BCUT2D eigenvalue weighted by Gasteiger charge is 2.18. The van der Waals surface area contributed by atoms with E-state index in [0.29, 0.717) is 12.1 Å². The first kappa shape index (κ1) is 15.0. The molecule has 1 aromatic heterocycles. The average Bonchev–Trinajstić information content (AvgIpc) is 2.84. The Bertz CT molecular complexity index is 686. The average molecular weight is 308 g/mol. The highest BCUT2D eigenvalue weighted by molar-refractivity contribution is 7.09. The normalized spacial score (nSPS) is 10.5. The number of aromatic nitrogens is 1. The number of nitro groups is 2. The Kier molecular flexibility index (Phi) is 4.55. The Morgan fingerprint density at radius 1 is 1.24 bits per heavy atom. The number of nitrogens with one attached hydrogen (secondary N) is 1. The number of hydrogen-bond donors (Lipinski definition) is 1. The largest absolute Gasteiger partial charge is 0.306 e. The van der Waals surface area contributed by atoms with Gasteiger partial charge in [0.15, 0.2) is 0 Å². The molecule has 0 aliphatic rings. The summed E-state index contributed by atoms with van der Waals surface area (Å²) in [5.41, 5.74) is 0.782. The third-order valence-corrected chi connectivity index (χ3v) is 3.70. The van der Waals surface area contributed by atoms with Crippen molar-refractivity contribution in [3.8, 4) is 0 Å². The zero-order valence-electron chi connectivity index (χ0n) is 11.1. The van der Waals surface area contributed by atoms with Crippen LogP contribution in [0.3, 0.4) is 0 Å². The summed E-state index contributed by atoms with van der Waals surface area (Å²) in [6, 6.07) is 3.64. The Labute approximate surface area is 123 Å². The molecule has 0 spiro atoms. The van der Waals surface area contributed by atoms with Gasteiger partial charge in [0.25, 0.3) is 11.4 Å². The molecule has 0 amide bonds. The Morgan fingerprint density at radius 3 is 2.57 bits per heavy atom. The van der Waals surface area contributed by atoms with Gasteiger partial charge in [-0.05, 0) is 13.0 Å². The molecule has 1 aromatic carbocycles. The summed E-state index contributed by atoms with van der Waals surface area (Å²) in [4.78, 5) is 24.6. The van der Waals surface area contributed by atoms with Gasteiger partial charge in [-0.2, -0.15) is 0 Å². The lowest BCUT2D eigenvalue weighted by Gasteiger charge is -2.04. The van der Waals surface area contributed by atoms with E-state index < -0.39 is 9.85 Å². The summed E-state index contributed by atoms with van der Waals surface area (Å²) in [6.45, 7) is 2.63. The molecule has 0 aliphatic heterocycles. The minimum absolute atomic E-state index is 0.243. The van der Waals surface area contributed by atoms with Gasteiger partial charge in [-0.1, -0.05) is 0 Å². The summed E-state index contributed by atoms with van der Waals surface area (Å²) >= 11 is 1.50. The second-order valence-corrected chi connectivity index (χ2v) is 5.26. The summed E-state index contributed by atoms with van der Waals surface area (Å²) in [6.07, 6.45) is 0. The molecule has 2 aromatic rings. The van der Waals surface area contributed by atoms with E-state index in [4.69, 9.17) is 0 Å². The molecule has 1 heterocycles. The first-order valence-corrected chi connectivity index (χ1v) is 6.89. The Morgan fingerprint density at radius 2 is 2.00 bits per heavy atom. The summed E-state index contributed by atoms with van der Waals surface area (Å²) < 4.78 is 0. The SMILES string of the molecule is Cc1csc(CNCc2ccc([N+](=O)[O-])cc2[N+](=O)[O-])n1. The van der Waals surface area contributed by atoms with E-state index in [9.17, 15) is 20.2 Å². The number of nitrogens with zero attached hydrogens (tertiary/aromatic N) is 3. The molecule has 0 bridgehead atoms. The number of hydrogen-bond acceptors (Lipinski definition) is 7. The van der Waals surface area contributed by atoms with Crippen LogP contribution in [0.4, 0.5) is 11.4 Å². The van der Waals surface area contributed by atoms with Crippen LogP contribution in [0.15, 0.2) is 23.6 Å². The van der Waals surface area contributed by atoms with Crippen LogP contribution >= 0.6 is 11.3 Å². The standard InChI is InChI=1S/C12H12N4O4S/c1-8-7-21-12(14-8)6-13-5-9-2-3-10(15(17)18)4-11(9)16(19)20/h2-4,7,13H,5-6H2,1H3. The predicted molar refractivity (Wildman–Crippen MR) is 77.1 cm³/mol. The summed E-state index contributed by atoms with van der Waals surface area (Å²) in [5.74, 6) is 0. The quantitative estimate of drug-likeness (QED) is 0.648. The monoisotopic (exact) mass is 308 g/mol. The zero-order chi connectivity index (χ0) is 15.4. The molecular weight excluding hydrogens is 296 g/mol. The number of nitro benzene ring substituents is 2. The molecule has 8 nitrogen and oxygen atoms in total. The molecule has 0 saturated carbocycles. The van der Waals surface area contributed by atoms with Gasteiger partial charge < -0.3 is 5.32 Å². The van der Waals surface area contributed by atoms with Crippen LogP contribution in [0.1, 0.15) is 16.3 Å². The van der Waals surface area contributed by atoms with Gasteiger partial charge >= 0.3 is 0 Å². The molecule has 110 valence electrons. The zero-order valence-corrected chi connectivity index (χ0v) is 11.9. The predicted octanol–water partition coefficient (Wildman–Crippen LogP) is 2.56. The molecule has 21 heavy (non-hydrogen) atoms. The van der Waals surface area contributed by atoms with Gasteiger partial charge in [-0.3, -0.25) is 20.2 Å². The smallest absolute Gasteiger partial charge is 0.280 e. The minimum atomic E-state index is -0.650. The highest BCUT2D eigenvalue weighted by Crippen LogP contribution is 2.24. The fourth-order valence-corrected chi connectivity index (χ4v) is 2.51. The summed E-state index contributed by atoms with van der Waals surface area (Å²) in [7, 11) is 0. The topological polar surface area (TPSA) is 111 Å². The van der Waals surface area contributed by atoms with E-state index in [2.05, 4.69) is 10.3 Å².